The average molecular weight is 238 g/mol. The minimum atomic E-state index is -0.389. The van der Waals surface area contributed by atoms with Crippen molar-refractivity contribution in [3.63, 3.8) is 0 Å². The molecule has 0 aliphatic heterocycles. The number of carbonyl (C=O) groups excluding carboxylic acids is 1. The molecule has 3 rings (SSSR count). The number of fused-ring (bicyclic) bond motifs is 2. The lowest BCUT2D eigenvalue weighted by Gasteiger charge is -2.62. The van der Waals surface area contributed by atoms with Crippen molar-refractivity contribution in [3.05, 3.63) is 0 Å². The van der Waals surface area contributed by atoms with Crippen molar-refractivity contribution in [2.45, 2.75) is 46.6 Å². The number of nitrogens with one attached hydrogen (secondary N) is 1. The average Bonchev–Trinajstić information content (AvgIpc) is 2.26. The van der Waals surface area contributed by atoms with Crippen LogP contribution in [0.1, 0.15) is 40.5 Å². The van der Waals surface area contributed by atoms with Crippen LogP contribution in [-0.4, -0.2) is 18.5 Å². The molecule has 3 aliphatic carbocycles. The highest BCUT2D eigenvalue weighted by molar-refractivity contribution is 5.80. The van der Waals surface area contributed by atoms with Crippen molar-refractivity contribution in [1.82, 2.24) is 5.32 Å². The van der Waals surface area contributed by atoms with Gasteiger partial charge in [-0.3, -0.25) is 4.79 Å². The van der Waals surface area contributed by atoms with Crippen LogP contribution in [0.4, 0.5) is 0 Å². The van der Waals surface area contributed by atoms with Gasteiger partial charge in [-0.15, -0.1) is 0 Å². The van der Waals surface area contributed by atoms with Crippen molar-refractivity contribution < 1.29 is 4.79 Å². The summed E-state index contributed by atoms with van der Waals surface area (Å²) >= 11 is 0. The van der Waals surface area contributed by atoms with E-state index >= 15 is 0 Å². The Balaban J connectivity index is 1.87. The molecule has 3 nitrogen and oxygen atoms in total. The van der Waals surface area contributed by atoms with Crippen LogP contribution in [-0.2, 0) is 4.79 Å². The second-order valence-electron chi connectivity index (χ2n) is 6.75. The van der Waals surface area contributed by atoms with E-state index in [4.69, 9.17) is 5.73 Å². The Morgan fingerprint density at radius 3 is 2.59 bits per heavy atom. The smallest absolute Gasteiger partial charge is 0.236 e. The van der Waals surface area contributed by atoms with Gasteiger partial charge in [-0.2, -0.15) is 0 Å². The lowest BCUT2D eigenvalue weighted by molar-refractivity contribution is -0.132. The van der Waals surface area contributed by atoms with Gasteiger partial charge in [-0.25, -0.2) is 0 Å². The Hall–Kier alpha value is -0.570. The molecule has 5 atom stereocenters. The highest BCUT2D eigenvalue weighted by atomic mass is 16.2. The molecule has 0 aromatic rings. The Labute approximate surface area is 105 Å². The fourth-order valence-electron chi connectivity index (χ4n) is 3.92. The van der Waals surface area contributed by atoms with Crippen LogP contribution < -0.4 is 11.1 Å². The van der Waals surface area contributed by atoms with Gasteiger partial charge in [0, 0.05) is 6.54 Å². The molecule has 0 radical (unpaired) electrons. The first-order valence-corrected chi connectivity index (χ1v) is 6.87. The summed E-state index contributed by atoms with van der Waals surface area (Å²) in [6.07, 6.45) is 2.66. The Kier molecular flexibility index (Phi) is 3.23. The van der Waals surface area contributed by atoms with Crippen molar-refractivity contribution in [2.75, 3.05) is 6.54 Å². The predicted octanol–water partition coefficient (Wildman–Crippen LogP) is 1.77. The summed E-state index contributed by atoms with van der Waals surface area (Å²) in [5.41, 5.74) is 6.08. The molecular weight excluding hydrogens is 212 g/mol. The molecule has 0 aromatic heterocycles. The third-order valence-corrected chi connectivity index (χ3v) is 5.46. The molecule has 3 saturated carbocycles. The van der Waals surface area contributed by atoms with Crippen molar-refractivity contribution in [2.24, 2.45) is 34.8 Å². The maximum atomic E-state index is 11.5. The summed E-state index contributed by atoms with van der Waals surface area (Å²) < 4.78 is 0. The number of hydrogen-bond donors (Lipinski definition) is 2. The third kappa shape index (κ3) is 2.10. The summed E-state index contributed by atoms with van der Waals surface area (Å²) in [4.78, 5) is 11.5. The molecule has 98 valence electrons. The topological polar surface area (TPSA) is 55.1 Å². The molecule has 0 saturated heterocycles. The largest absolute Gasteiger partial charge is 0.354 e. The second-order valence-corrected chi connectivity index (χ2v) is 6.75. The van der Waals surface area contributed by atoms with Gasteiger partial charge >= 0.3 is 0 Å². The van der Waals surface area contributed by atoms with E-state index in [-0.39, 0.29) is 11.9 Å². The Morgan fingerprint density at radius 1 is 1.47 bits per heavy atom. The van der Waals surface area contributed by atoms with Crippen LogP contribution in [0.15, 0.2) is 0 Å². The maximum absolute atomic E-state index is 11.5. The molecule has 17 heavy (non-hydrogen) atoms. The first kappa shape index (κ1) is 12.9. The van der Waals surface area contributed by atoms with Crippen molar-refractivity contribution in [1.29, 1.82) is 0 Å². The van der Waals surface area contributed by atoms with E-state index in [0.717, 1.165) is 24.3 Å². The molecule has 0 aromatic carbocycles. The summed E-state index contributed by atoms with van der Waals surface area (Å²) in [5.74, 6) is 3.06. The SMILES string of the molecule is CC1C(CNC(=O)[C@H](C)N)CC2CC1C2(C)C. The number of carbonyl (C=O) groups is 1. The van der Waals surface area contributed by atoms with Crippen LogP contribution in [0, 0.1) is 29.1 Å². The van der Waals surface area contributed by atoms with E-state index in [1.165, 1.54) is 12.8 Å². The molecule has 3 N–H and O–H groups in total. The molecular formula is C14H26N2O. The number of rotatable bonds is 3. The minimum absolute atomic E-state index is 0.0179. The molecule has 0 spiro atoms. The van der Waals surface area contributed by atoms with E-state index in [1.807, 2.05) is 0 Å². The summed E-state index contributed by atoms with van der Waals surface area (Å²) in [6, 6.07) is -0.389. The molecule has 0 heterocycles. The van der Waals surface area contributed by atoms with Gasteiger partial charge in [-0.05, 0) is 48.9 Å². The fraction of sp³-hybridized carbons (Fsp3) is 0.929. The van der Waals surface area contributed by atoms with E-state index in [0.29, 0.717) is 11.3 Å². The van der Waals surface area contributed by atoms with E-state index in [1.54, 1.807) is 6.92 Å². The van der Waals surface area contributed by atoms with Crippen LogP contribution in [0.5, 0.6) is 0 Å². The highest BCUT2D eigenvalue weighted by Crippen LogP contribution is 2.62. The first-order chi connectivity index (χ1) is 7.84. The molecule has 3 fully saturated rings. The van der Waals surface area contributed by atoms with Gasteiger partial charge < -0.3 is 11.1 Å². The molecule has 2 bridgehead atoms. The monoisotopic (exact) mass is 238 g/mol. The Bertz CT molecular complexity index is 311. The maximum Gasteiger partial charge on any atom is 0.236 e. The standard InChI is InChI=1S/C14H26N2O/c1-8-10(7-16-13(17)9(2)15)5-11-6-12(8)14(11,3)4/h8-12H,5-7,15H2,1-4H3,(H,16,17)/t8?,9-,10?,11?,12?/m0/s1. The van der Waals surface area contributed by atoms with Gasteiger partial charge in [0.15, 0.2) is 0 Å². The van der Waals surface area contributed by atoms with E-state index < -0.39 is 0 Å². The lowest BCUT2D eigenvalue weighted by Crippen LogP contribution is -2.57. The first-order valence-electron chi connectivity index (χ1n) is 6.87. The normalized spacial score (nSPS) is 40.3. The fourth-order valence-corrected chi connectivity index (χ4v) is 3.92. The van der Waals surface area contributed by atoms with Crippen LogP contribution >= 0.6 is 0 Å². The summed E-state index contributed by atoms with van der Waals surface area (Å²) in [6.45, 7) is 9.70. The highest BCUT2D eigenvalue weighted by Gasteiger charge is 2.55. The number of amides is 1. The lowest BCUT2D eigenvalue weighted by atomic mass is 9.43. The van der Waals surface area contributed by atoms with Gasteiger partial charge in [0.1, 0.15) is 0 Å². The van der Waals surface area contributed by atoms with Crippen molar-refractivity contribution >= 4 is 5.91 Å². The van der Waals surface area contributed by atoms with Gasteiger partial charge in [0.2, 0.25) is 5.91 Å². The summed E-state index contributed by atoms with van der Waals surface area (Å²) in [7, 11) is 0. The predicted molar refractivity (Wildman–Crippen MR) is 69.3 cm³/mol. The van der Waals surface area contributed by atoms with E-state index in [9.17, 15) is 4.79 Å². The van der Waals surface area contributed by atoms with Crippen LogP contribution in [0.3, 0.4) is 0 Å². The van der Waals surface area contributed by atoms with Crippen molar-refractivity contribution in [3.8, 4) is 0 Å². The van der Waals surface area contributed by atoms with Crippen LogP contribution in [0.25, 0.3) is 0 Å². The van der Waals surface area contributed by atoms with Gasteiger partial charge in [0.25, 0.3) is 0 Å². The zero-order valence-electron chi connectivity index (χ0n) is 11.5. The quantitative estimate of drug-likeness (QED) is 0.787. The number of hydrogen-bond acceptors (Lipinski definition) is 2. The summed E-state index contributed by atoms with van der Waals surface area (Å²) in [5, 5.41) is 2.99. The second kappa shape index (κ2) is 4.27. The van der Waals surface area contributed by atoms with Gasteiger partial charge in [0.05, 0.1) is 6.04 Å². The molecule has 1 amide bonds. The van der Waals surface area contributed by atoms with E-state index in [2.05, 4.69) is 26.1 Å². The molecule has 3 aliphatic rings. The minimum Gasteiger partial charge on any atom is -0.354 e. The molecule has 4 unspecified atom stereocenters. The van der Waals surface area contributed by atoms with Gasteiger partial charge in [-0.1, -0.05) is 20.8 Å². The van der Waals surface area contributed by atoms with Crippen LogP contribution in [0.2, 0.25) is 0 Å². The Morgan fingerprint density at radius 2 is 2.12 bits per heavy atom. The molecule has 3 heteroatoms. The third-order valence-electron chi connectivity index (χ3n) is 5.46. The number of nitrogens with two attached hydrogens (primary N) is 1. The zero-order valence-corrected chi connectivity index (χ0v) is 11.5. The zero-order chi connectivity index (χ0) is 12.8.